The number of rotatable bonds is 11. The summed E-state index contributed by atoms with van der Waals surface area (Å²) in [7, 11) is 0. The zero-order valence-corrected chi connectivity index (χ0v) is 16.7. The average molecular weight is 413 g/mol. The second-order valence-corrected chi connectivity index (χ2v) is 6.78. The molecule has 0 aromatic heterocycles. The van der Waals surface area contributed by atoms with Gasteiger partial charge in [0.2, 0.25) is 5.91 Å². The Labute approximate surface area is 175 Å². The zero-order valence-electron chi connectivity index (χ0n) is 16.7. The number of amides is 2. The van der Waals surface area contributed by atoms with Crippen molar-refractivity contribution in [2.24, 2.45) is 5.73 Å². The summed E-state index contributed by atoms with van der Waals surface area (Å²) in [5.41, 5.74) is 7.82. The lowest BCUT2D eigenvalue weighted by molar-refractivity contribution is -0.122. The molecule has 0 aliphatic heterocycles. The van der Waals surface area contributed by atoms with E-state index < -0.39 is 18.1 Å². The fraction of sp³-hybridized carbons (Fsp3) is 0.318. The van der Waals surface area contributed by atoms with Crippen LogP contribution in [-0.4, -0.2) is 42.2 Å². The van der Waals surface area contributed by atoms with Crippen LogP contribution in [0.25, 0.3) is 0 Å². The quantitative estimate of drug-likeness (QED) is 0.417. The first-order valence-corrected chi connectivity index (χ1v) is 9.76. The van der Waals surface area contributed by atoms with Crippen LogP contribution >= 0.6 is 0 Å². The summed E-state index contributed by atoms with van der Waals surface area (Å²) in [6.45, 7) is 0.917. The van der Waals surface area contributed by atoms with Crippen LogP contribution in [0.4, 0.5) is 4.79 Å². The molecule has 2 rings (SSSR count). The predicted octanol–water partition coefficient (Wildman–Crippen LogP) is 2.08. The van der Waals surface area contributed by atoms with Crippen molar-refractivity contribution < 1.29 is 24.2 Å². The summed E-state index contributed by atoms with van der Waals surface area (Å²) in [6.07, 6.45) is 0.948. The van der Waals surface area contributed by atoms with E-state index in [0.29, 0.717) is 32.4 Å². The Balaban J connectivity index is 1.57. The third kappa shape index (κ3) is 8.32. The van der Waals surface area contributed by atoms with Crippen LogP contribution < -0.4 is 16.4 Å². The molecular formula is C22H27N3O5. The third-order valence-electron chi connectivity index (χ3n) is 4.40. The van der Waals surface area contributed by atoms with Gasteiger partial charge in [0.1, 0.15) is 6.61 Å². The van der Waals surface area contributed by atoms with Crippen LogP contribution in [0.1, 0.15) is 34.3 Å². The number of benzene rings is 2. The number of nitrogens with two attached hydrogens (primary N) is 1. The Bertz CT molecular complexity index is 842. The Morgan fingerprint density at radius 1 is 0.967 bits per heavy atom. The Morgan fingerprint density at radius 2 is 1.70 bits per heavy atom. The van der Waals surface area contributed by atoms with Gasteiger partial charge < -0.3 is 26.2 Å². The highest BCUT2D eigenvalue weighted by atomic mass is 16.5. The molecule has 5 N–H and O–H groups in total. The molecule has 0 saturated heterocycles. The van der Waals surface area contributed by atoms with Crippen LogP contribution in [0, 0.1) is 0 Å². The molecule has 0 aliphatic carbocycles. The zero-order chi connectivity index (χ0) is 21.8. The lowest BCUT2D eigenvalue weighted by atomic mass is 10.1. The van der Waals surface area contributed by atoms with Crippen LogP contribution in [0.15, 0.2) is 54.6 Å². The molecule has 0 aliphatic rings. The summed E-state index contributed by atoms with van der Waals surface area (Å²) in [4.78, 5) is 34.7. The summed E-state index contributed by atoms with van der Waals surface area (Å²) in [5, 5.41) is 14.4. The number of carboxylic acids is 1. The Kier molecular flexibility index (Phi) is 9.33. The van der Waals surface area contributed by atoms with Gasteiger partial charge in [-0.1, -0.05) is 42.5 Å². The van der Waals surface area contributed by atoms with E-state index in [2.05, 4.69) is 10.6 Å². The van der Waals surface area contributed by atoms with E-state index in [4.69, 9.17) is 15.6 Å². The van der Waals surface area contributed by atoms with E-state index in [1.807, 2.05) is 30.3 Å². The van der Waals surface area contributed by atoms with Crippen molar-refractivity contribution >= 4 is 18.0 Å². The lowest BCUT2D eigenvalue weighted by Gasteiger charge is -2.13. The van der Waals surface area contributed by atoms with Gasteiger partial charge in [-0.3, -0.25) is 4.79 Å². The summed E-state index contributed by atoms with van der Waals surface area (Å²) >= 11 is 0. The van der Waals surface area contributed by atoms with Crippen LogP contribution in [-0.2, 0) is 22.6 Å². The number of hydrogen-bond acceptors (Lipinski definition) is 5. The van der Waals surface area contributed by atoms with E-state index in [9.17, 15) is 14.4 Å². The molecule has 0 unspecified atom stereocenters. The second-order valence-electron chi connectivity index (χ2n) is 6.78. The number of carboxylic acid groups (broad SMARTS) is 1. The molecule has 8 nitrogen and oxygen atoms in total. The first-order chi connectivity index (χ1) is 14.5. The standard InChI is InChI=1S/C22H27N3O5/c23-19(10-5-12-25-22(29)30-15-17-6-2-1-3-7-17)20(26)24-13-11-16-8-4-9-18(14-16)21(27)28/h1-4,6-9,14,19H,5,10-13,15,23H2,(H,24,26)(H,25,29)(H,27,28)/t19-/m0/s1. The van der Waals surface area contributed by atoms with E-state index >= 15 is 0 Å². The first kappa shape index (κ1) is 22.9. The number of carbonyl (C=O) groups excluding carboxylic acids is 2. The van der Waals surface area contributed by atoms with Gasteiger partial charge in [-0.2, -0.15) is 0 Å². The van der Waals surface area contributed by atoms with E-state index in [1.165, 1.54) is 6.07 Å². The Morgan fingerprint density at radius 3 is 2.43 bits per heavy atom. The molecule has 0 spiro atoms. The monoisotopic (exact) mass is 413 g/mol. The molecule has 2 aromatic rings. The fourth-order valence-corrected chi connectivity index (χ4v) is 2.74. The van der Waals surface area contributed by atoms with Gasteiger partial charge in [-0.25, -0.2) is 9.59 Å². The first-order valence-electron chi connectivity index (χ1n) is 9.76. The van der Waals surface area contributed by atoms with Gasteiger partial charge in [0, 0.05) is 13.1 Å². The number of aromatic carboxylic acids is 1. The van der Waals surface area contributed by atoms with Gasteiger partial charge >= 0.3 is 12.1 Å². The lowest BCUT2D eigenvalue weighted by Crippen LogP contribution is -2.41. The predicted molar refractivity (Wildman–Crippen MR) is 112 cm³/mol. The van der Waals surface area contributed by atoms with Crippen molar-refractivity contribution in [2.45, 2.75) is 31.9 Å². The van der Waals surface area contributed by atoms with Crippen LogP contribution in [0.2, 0.25) is 0 Å². The molecule has 30 heavy (non-hydrogen) atoms. The average Bonchev–Trinajstić information content (AvgIpc) is 2.76. The molecule has 8 heteroatoms. The molecule has 160 valence electrons. The number of carbonyl (C=O) groups is 3. The molecule has 2 aromatic carbocycles. The van der Waals surface area contributed by atoms with E-state index in [1.54, 1.807) is 18.2 Å². The fourth-order valence-electron chi connectivity index (χ4n) is 2.74. The summed E-state index contributed by atoms with van der Waals surface area (Å²) in [6, 6.07) is 15.3. The van der Waals surface area contributed by atoms with Crippen LogP contribution in [0.5, 0.6) is 0 Å². The van der Waals surface area contributed by atoms with Gasteiger partial charge in [0.25, 0.3) is 0 Å². The maximum absolute atomic E-state index is 12.1. The molecule has 1 atom stereocenters. The highest BCUT2D eigenvalue weighted by Gasteiger charge is 2.13. The smallest absolute Gasteiger partial charge is 0.407 e. The van der Waals surface area contributed by atoms with Gasteiger partial charge in [0.15, 0.2) is 0 Å². The molecule has 0 heterocycles. The maximum atomic E-state index is 12.1. The minimum Gasteiger partial charge on any atom is -0.478 e. The normalized spacial score (nSPS) is 11.4. The highest BCUT2D eigenvalue weighted by molar-refractivity contribution is 5.87. The van der Waals surface area contributed by atoms with Crippen molar-refractivity contribution in [1.29, 1.82) is 0 Å². The Hall–Kier alpha value is -3.39. The molecule has 0 radical (unpaired) electrons. The second kappa shape index (κ2) is 12.2. The number of ether oxygens (including phenoxy) is 1. The molecule has 0 bridgehead atoms. The summed E-state index contributed by atoms with van der Waals surface area (Å²) in [5.74, 6) is -1.27. The SMILES string of the molecule is N[C@@H](CCCNC(=O)OCc1ccccc1)C(=O)NCCc1cccc(C(=O)O)c1. The van der Waals surface area contributed by atoms with Crippen molar-refractivity contribution in [2.75, 3.05) is 13.1 Å². The molecule has 0 saturated carbocycles. The summed E-state index contributed by atoms with van der Waals surface area (Å²) < 4.78 is 5.10. The third-order valence-corrected chi connectivity index (χ3v) is 4.40. The van der Waals surface area contributed by atoms with Crippen molar-refractivity contribution in [3.63, 3.8) is 0 Å². The molecule has 0 fully saturated rings. The molecular weight excluding hydrogens is 386 g/mol. The minimum atomic E-state index is -0.986. The van der Waals surface area contributed by atoms with Crippen molar-refractivity contribution in [1.82, 2.24) is 10.6 Å². The van der Waals surface area contributed by atoms with E-state index in [0.717, 1.165) is 11.1 Å². The van der Waals surface area contributed by atoms with Crippen molar-refractivity contribution in [3.05, 3.63) is 71.3 Å². The number of nitrogens with one attached hydrogen (secondary N) is 2. The topological polar surface area (TPSA) is 131 Å². The van der Waals surface area contributed by atoms with Crippen LogP contribution in [0.3, 0.4) is 0 Å². The maximum Gasteiger partial charge on any atom is 0.407 e. The van der Waals surface area contributed by atoms with E-state index in [-0.39, 0.29) is 18.1 Å². The number of hydrogen-bond donors (Lipinski definition) is 4. The molecule has 2 amide bonds. The highest BCUT2D eigenvalue weighted by Crippen LogP contribution is 2.06. The number of alkyl carbamates (subject to hydrolysis) is 1. The van der Waals surface area contributed by atoms with Gasteiger partial charge in [-0.05, 0) is 42.5 Å². The van der Waals surface area contributed by atoms with Gasteiger partial charge in [-0.15, -0.1) is 0 Å². The minimum absolute atomic E-state index is 0.198. The van der Waals surface area contributed by atoms with Gasteiger partial charge in [0.05, 0.1) is 11.6 Å². The van der Waals surface area contributed by atoms with Crippen molar-refractivity contribution in [3.8, 4) is 0 Å². The largest absolute Gasteiger partial charge is 0.478 e.